The number of thioether (sulfide) groups is 1. The number of benzene rings is 1. The lowest BCUT2D eigenvalue weighted by atomic mass is 10.2. The van der Waals surface area contributed by atoms with E-state index in [0.717, 1.165) is 10.6 Å². The number of anilines is 2. The maximum atomic E-state index is 12.5. The number of pyridine rings is 1. The van der Waals surface area contributed by atoms with Crippen LogP contribution in [0, 0.1) is 0 Å². The molecule has 0 spiro atoms. The Bertz CT molecular complexity index is 838. The second-order valence-electron chi connectivity index (χ2n) is 5.00. The Balaban J connectivity index is 1.97. The van der Waals surface area contributed by atoms with Crippen molar-refractivity contribution >= 4 is 39.1 Å². The summed E-state index contributed by atoms with van der Waals surface area (Å²) in [6.07, 6.45) is 3.01. The van der Waals surface area contributed by atoms with E-state index in [9.17, 15) is 13.2 Å². The Morgan fingerprint density at radius 3 is 2.87 bits per heavy atom. The summed E-state index contributed by atoms with van der Waals surface area (Å²) >= 11 is 1.61. The number of sulfonamides is 1. The van der Waals surface area contributed by atoms with E-state index in [4.69, 9.17) is 0 Å². The molecule has 1 aliphatic heterocycles. The van der Waals surface area contributed by atoms with Gasteiger partial charge in [-0.1, -0.05) is 0 Å². The lowest BCUT2D eigenvalue weighted by molar-refractivity contribution is -0.116. The monoisotopic (exact) mass is 349 g/mol. The largest absolute Gasteiger partial charge is 0.311 e. The first-order valence-corrected chi connectivity index (χ1v) is 9.42. The average Bonchev–Trinajstić information content (AvgIpc) is 2.54. The maximum absolute atomic E-state index is 12.5. The van der Waals surface area contributed by atoms with Crippen LogP contribution in [0.1, 0.15) is 6.92 Å². The number of carbonyl (C=O) groups is 1. The van der Waals surface area contributed by atoms with E-state index in [0.29, 0.717) is 17.9 Å². The standard InChI is InChI=1S/C15H15N3O3S2/c1-11(19)18-7-8-22-15-5-4-13(9-14(15)18)23(20,21)17-12-3-2-6-16-10-12/h2-6,9-10,17H,7-8H2,1H3. The summed E-state index contributed by atoms with van der Waals surface area (Å²) < 4.78 is 27.5. The normalized spacial score (nSPS) is 14.2. The van der Waals surface area contributed by atoms with E-state index >= 15 is 0 Å². The van der Waals surface area contributed by atoms with Crippen molar-refractivity contribution in [2.45, 2.75) is 16.7 Å². The zero-order chi connectivity index (χ0) is 16.4. The zero-order valence-electron chi connectivity index (χ0n) is 12.4. The van der Waals surface area contributed by atoms with Crippen LogP contribution in [0.4, 0.5) is 11.4 Å². The van der Waals surface area contributed by atoms with Crippen LogP contribution in [-0.2, 0) is 14.8 Å². The molecule has 6 nitrogen and oxygen atoms in total. The molecule has 0 aliphatic carbocycles. The maximum Gasteiger partial charge on any atom is 0.262 e. The number of rotatable bonds is 3. The SMILES string of the molecule is CC(=O)N1CCSc2ccc(S(=O)(=O)Nc3cccnc3)cc21. The highest BCUT2D eigenvalue weighted by atomic mass is 32.2. The minimum Gasteiger partial charge on any atom is -0.311 e. The molecule has 2 heterocycles. The van der Waals surface area contributed by atoms with E-state index in [1.807, 2.05) is 0 Å². The first kappa shape index (κ1) is 15.8. The molecule has 0 saturated heterocycles. The summed E-state index contributed by atoms with van der Waals surface area (Å²) in [6, 6.07) is 8.11. The van der Waals surface area contributed by atoms with Gasteiger partial charge in [0, 0.05) is 30.3 Å². The fourth-order valence-corrected chi connectivity index (χ4v) is 4.37. The number of nitrogens with zero attached hydrogens (tertiary/aromatic N) is 2. The Kier molecular flexibility index (Phi) is 4.27. The summed E-state index contributed by atoms with van der Waals surface area (Å²) in [5.41, 5.74) is 1.03. The lowest BCUT2D eigenvalue weighted by Crippen LogP contribution is -2.33. The molecule has 0 unspecified atom stereocenters. The van der Waals surface area contributed by atoms with Crippen LogP contribution >= 0.6 is 11.8 Å². The molecular formula is C15H15N3O3S2. The van der Waals surface area contributed by atoms with E-state index < -0.39 is 10.0 Å². The highest BCUT2D eigenvalue weighted by Crippen LogP contribution is 2.36. The fourth-order valence-electron chi connectivity index (χ4n) is 2.33. The smallest absolute Gasteiger partial charge is 0.262 e. The van der Waals surface area contributed by atoms with Crippen molar-refractivity contribution < 1.29 is 13.2 Å². The van der Waals surface area contributed by atoms with E-state index in [2.05, 4.69) is 9.71 Å². The van der Waals surface area contributed by atoms with Gasteiger partial charge in [0.05, 0.1) is 22.5 Å². The molecule has 0 atom stereocenters. The molecule has 3 rings (SSSR count). The molecule has 120 valence electrons. The van der Waals surface area contributed by atoms with Crippen LogP contribution < -0.4 is 9.62 Å². The van der Waals surface area contributed by atoms with Crippen molar-refractivity contribution in [3.8, 4) is 0 Å². The molecule has 8 heteroatoms. The third kappa shape index (κ3) is 3.32. The topological polar surface area (TPSA) is 79.4 Å². The van der Waals surface area contributed by atoms with E-state index in [1.165, 1.54) is 13.1 Å². The summed E-state index contributed by atoms with van der Waals surface area (Å²) in [5, 5.41) is 0. The first-order chi connectivity index (χ1) is 11.0. The predicted molar refractivity (Wildman–Crippen MR) is 90.2 cm³/mol. The van der Waals surface area contributed by atoms with E-state index in [-0.39, 0.29) is 10.8 Å². The van der Waals surface area contributed by atoms with Gasteiger partial charge in [0.25, 0.3) is 10.0 Å². The number of hydrogen-bond donors (Lipinski definition) is 1. The minimum absolute atomic E-state index is 0.0960. The van der Waals surface area contributed by atoms with Crippen LogP contribution in [0.25, 0.3) is 0 Å². The Hall–Kier alpha value is -2.06. The summed E-state index contributed by atoms with van der Waals surface area (Å²) in [6.45, 7) is 2.06. The van der Waals surface area contributed by atoms with Crippen LogP contribution in [0.5, 0.6) is 0 Å². The van der Waals surface area contributed by atoms with Crippen molar-refractivity contribution in [3.63, 3.8) is 0 Å². The number of aromatic nitrogens is 1. The van der Waals surface area contributed by atoms with Gasteiger partial charge in [0.15, 0.2) is 0 Å². The van der Waals surface area contributed by atoms with Gasteiger partial charge in [-0.05, 0) is 30.3 Å². The molecule has 0 fully saturated rings. The third-order valence-electron chi connectivity index (χ3n) is 3.40. The molecular weight excluding hydrogens is 334 g/mol. The lowest BCUT2D eigenvalue weighted by Gasteiger charge is -2.28. The van der Waals surface area contributed by atoms with Crippen LogP contribution in [0.15, 0.2) is 52.5 Å². The Labute approximate surface area is 139 Å². The Morgan fingerprint density at radius 2 is 2.17 bits per heavy atom. The van der Waals surface area contributed by atoms with Gasteiger partial charge in [-0.25, -0.2) is 8.42 Å². The molecule has 1 N–H and O–H groups in total. The molecule has 1 aliphatic rings. The highest BCUT2D eigenvalue weighted by Gasteiger charge is 2.24. The Morgan fingerprint density at radius 1 is 1.35 bits per heavy atom. The minimum atomic E-state index is -3.73. The average molecular weight is 349 g/mol. The highest BCUT2D eigenvalue weighted by molar-refractivity contribution is 7.99. The molecule has 1 aromatic heterocycles. The van der Waals surface area contributed by atoms with Crippen LogP contribution in [0.3, 0.4) is 0 Å². The van der Waals surface area contributed by atoms with Gasteiger partial charge in [0.2, 0.25) is 5.91 Å². The third-order valence-corrected chi connectivity index (χ3v) is 5.82. The molecule has 0 radical (unpaired) electrons. The molecule has 1 aromatic carbocycles. The van der Waals surface area contributed by atoms with Crippen molar-refractivity contribution in [1.29, 1.82) is 0 Å². The second-order valence-corrected chi connectivity index (χ2v) is 7.82. The quantitative estimate of drug-likeness (QED) is 0.920. The first-order valence-electron chi connectivity index (χ1n) is 6.95. The second kappa shape index (κ2) is 6.21. The number of fused-ring (bicyclic) bond motifs is 1. The summed E-state index contributed by atoms with van der Waals surface area (Å²) in [5.74, 6) is 0.702. The molecule has 23 heavy (non-hydrogen) atoms. The molecule has 1 amide bonds. The number of nitrogens with one attached hydrogen (secondary N) is 1. The van der Waals surface area contributed by atoms with Crippen molar-refractivity contribution in [3.05, 3.63) is 42.7 Å². The number of hydrogen-bond acceptors (Lipinski definition) is 5. The van der Waals surface area contributed by atoms with Crippen molar-refractivity contribution in [2.24, 2.45) is 0 Å². The van der Waals surface area contributed by atoms with Gasteiger partial charge in [0.1, 0.15) is 0 Å². The van der Waals surface area contributed by atoms with Crippen LogP contribution in [0.2, 0.25) is 0 Å². The summed E-state index contributed by atoms with van der Waals surface area (Å²) in [7, 11) is -3.73. The van der Waals surface area contributed by atoms with Gasteiger partial charge < -0.3 is 4.90 Å². The van der Waals surface area contributed by atoms with Gasteiger partial charge in [-0.2, -0.15) is 0 Å². The van der Waals surface area contributed by atoms with Gasteiger partial charge in [-0.3, -0.25) is 14.5 Å². The molecule has 0 saturated carbocycles. The number of amides is 1. The molecule has 0 bridgehead atoms. The zero-order valence-corrected chi connectivity index (χ0v) is 14.0. The van der Waals surface area contributed by atoms with Crippen molar-refractivity contribution in [2.75, 3.05) is 21.9 Å². The number of carbonyl (C=O) groups excluding carboxylic acids is 1. The van der Waals surface area contributed by atoms with Gasteiger partial charge >= 0.3 is 0 Å². The fraction of sp³-hybridized carbons (Fsp3) is 0.200. The molecule has 2 aromatic rings. The van der Waals surface area contributed by atoms with Gasteiger partial charge in [-0.15, -0.1) is 11.8 Å². The predicted octanol–water partition coefficient (Wildman–Crippen LogP) is 2.34. The van der Waals surface area contributed by atoms with Crippen molar-refractivity contribution in [1.82, 2.24) is 4.98 Å². The van der Waals surface area contributed by atoms with Crippen LogP contribution in [-0.4, -0.2) is 31.6 Å². The summed E-state index contributed by atoms with van der Waals surface area (Å²) in [4.78, 5) is 18.3. The van der Waals surface area contributed by atoms with E-state index in [1.54, 1.807) is 53.2 Å².